The van der Waals surface area contributed by atoms with Crippen LogP contribution in [0.25, 0.3) is 21.5 Å². The number of carbonyl (C=O) groups is 1. The molecule has 0 radical (unpaired) electrons. The molecule has 0 saturated heterocycles. The van der Waals surface area contributed by atoms with Crippen molar-refractivity contribution in [3.05, 3.63) is 90.0 Å². The fourth-order valence-electron chi connectivity index (χ4n) is 2.99. The van der Waals surface area contributed by atoms with Gasteiger partial charge in [-0.3, -0.25) is 4.79 Å². The van der Waals surface area contributed by atoms with Crippen LogP contribution in [0, 0.1) is 11.8 Å². The minimum absolute atomic E-state index is 0.0896. The lowest BCUT2D eigenvalue weighted by molar-refractivity contribution is -0.109. The predicted molar refractivity (Wildman–Crippen MR) is 110 cm³/mol. The Labute approximate surface area is 157 Å². The zero-order chi connectivity index (χ0) is 17.9. The summed E-state index contributed by atoms with van der Waals surface area (Å²) in [4.78, 5) is 12.1. The molecule has 124 valence electrons. The first-order valence-electron chi connectivity index (χ1n) is 8.41. The topological polar surface area (TPSA) is 17.1 Å². The lowest BCUT2D eigenvalue weighted by Crippen LogP contribution is -1.83. The van der Waals surface area contributed by atoms with Gasteiger partial charge in [0.15, 0.2) is 5.12 Å². The Kier molecular flexibility index (Phi) is 4.48. The van der Waals surface area contributed by atoms with E-state index in [0.29, 0.717) is 0 Å². The number of benzene rings is 4. The molecule has 0 atom stereocenters. The van der Waals surface area contributed by atoms with Gasteiger partial charge in [-0.2, -0.15) is 0 Å². The number of hydrogen-bond donors (Lipinski definition) is 0. The van der Waals surface area contributed by atoms with Crippen molar-refractivity contribution in [2.45, 2.75) is 11.8 Å². The monoisotopic (exact) mass is 352 g/mol. The van der Waals surface area contributed by atoms with Crippen LogP contribution in [0.1, 0.15) is 18.1 Å². The molecule has 0 saturated carbocycles. The van der Waals surface area contributed by atoms with E-state index < -0.39 is 0 Å². The third-order valence-electron chi connectivity index (χ3n) is 4.20. The Morgan fingerprint density at radius 2 is 1.46 bits per heavy atom. The Morgan fingerprint density at radius 1 is 0.769 bits per heavy atom. The second kappa shape index (κ2) is 7.07. The molecule has 0 aromatic heterocycles. The Balaban J connectivity index is 1.72. The maximum Gasteiger partial charge on any atom is 0.190 e. The molecule has 0 fully saturated rings. The second-order valence-electron chi connectivity index (χ2n) is 6.09. The Morgan fingerprint density at radius 3 is 2.19 bits per heavy atom. The lowest BCUT2D eigenvalue weighted by Gasteiger charge is -2.04. The lowest BCUT2D eigenvalue weighted by atomic mass is 10.00. The molecule has 0 spiro atoms. The van der Waals surface area contributed by atoms with Gasteiger partial charge in [-0.1, -0.05) is 60.0 Å². The van der Waals surface area contributed by atoms with Crippen molar-refractivity contribution in [3.63, 3.8) is 0 Å². The number of fused-ring (bicyclic) bond motifs is 2. The van der Waals surface area contributed by atoms with E-state index in [4.69, 9.17) is 0 Å². The maximum absolute atomic E-state index is 11.2. The average molecular weight is 352 g/mol. The standard InChI is InChI=1S/C24H16OS/c1-17(25)26-23-13-10-18(11-14-23)9-12-19-7-4-8-22-15-20-5-2-3-6-21(20)16-24(19)22/h2-8,10-11,13-16H,1H3. The highest BCUT2D eigenvalue weighted by Gasteiger charge is 2.02. The highest BCUT2D eigenvalue weighted by atomic mass is 32.2. The van der Waals surface area contributed by atoms with Gasteiger partial charge in [-0.25, -0.2) is 0 Å². The quantitative estimate of drug-likeness (QED) is 0.236. The van der Waals surface area contributed by atoms with Gasteiger partial charge in [0.1, 0.15) is 0 Å². The van der Waals surface area contributed by atoms with Crippen molar-refractivity contribution in [1.82, 2.24) is 0 Å². The van der Waals surface area contributed by atoms with Gasteiger partial charge >= 0.3 is 0 Å². The zero-order valence-electron chi connectivity index (χ0n) is 14.3. The molecule has 0 unspecified atom stereocenters. The van der Waals surface area contributed by atoms with Crippen LogP contribution in [-0.4, -0.2) is 5.12 Å². The Bertz CT molecular complexity index is 1180. The molecule has 4 rings (SSSR count). The summed E-state index contributed by atoms with van der Waals surface area (Å²) >= 11 is 1.24. The second-order valence-corrected chi connectivity index (χ2v) is 7.34. The first kappa shape index (κ1) is 16.4. The third kappa shape index (κ3) is 3.49. The van der Waals surface area contributed by atoms with E-state index in [1.807, 2.05) is 30.3 Å². The third-order valence-corrected chi connectivity index (χ3v) is 5.00. The minimum atomic E-state index is 0.0896. The fourth-order valence-corrected chi connectivity index (χ4v) is 3.59. The molecule has 2 heteroatoms. The van der Waals surface area contributed by atoms with Crippen molar-refractivity contribution in [2.24, 2.45) is 0 Å². The highest BCUT2D eigenvalue weighted by Crippen LogP contribution is 2.25. The number of carbonyl (C=O) groups excluding carboxylic acids is 1. The van der Waals surface area contributed by atoms with E-state index in [2.05, 4.69) is 60.4 Å². The molecule has 0 aliphatic carbocycles. The molecule has 0 heterocycles. The van der Waals surface area contributed by atoms with Crippen LogP contribution in [0.4, 0.5) is 0 Å². The van der Waals surface area contributed by atoms with Gasteiger partial charge < -0.3 is 0 Å². The zero-order valence-corrected chi connectivity index (χ0v) is 15.1. The molecule has 4 aromatic carbocycles. The molecule has 0 aliphatic rings. The van der Waals surface area contributed by atoms with E-state index in [1.165, 1.54) is 33.3 Å². The van der Waals surface area contributed by atoms with E-state index in [0.717, 1.165) is 16.0 Å². The molecule has 1 nitrogen and oxygen atoms in total. The molecule has 0 N–H and O–H groups in total. The molecular formula is C24H16OS. The van der Waals surface area contributed by atoms with Gasteiger partial charge in [0.25, 0.3) is 0 Å². The highest BCUT2D eigenvalue weighted by molar-refractivity contribution is 8.13. The van der Waals surface area contributed by atoms with Gasteiger partial charge in [-0.05, 0) is 64.0 Å². The van der Waals surface area contributed by atoms with Crippen molar-refractivity contribution in [3.8, 4) is 11.8 Å². The van der Waals surface area contributed by atoms with Gasteiger partial charge in [-0.15, -0.1) is 0 Å². The maximum atomic E-state index is 11.2. The molecule has 0 bridgehead atoms. The van der Waals surface area contributed by atoms with Crippen LogP contribution in [0.3, 0.4) is 0 Å². The van der Waals surface area contributed by atoms with Gasteiger partial charge in [0.05, 0.1) is 0 Å². The number of rotatable bonds is 1. The molecule has 0 amide bonds. The first-order chi connectivity index (χ1) is 12.7. The number of thioether (sulfide) groups is 1. The molecule has 0 aliphatic heterocycles. The van der Waals surface area contributed by atoms with Crippen LogP contribution < -0.4 is 0 Å². The summed E-state index contributed by atoms with van der Waals surface area (Å²) in [5, 5.41) is 4.92. The largest absolute Gasteiger partial charge is 0.287 e. The summed E-state index contributed by atoms with van der Waals surface area (Å²) < 4.78 is 0. The summed E-state index contributed by atoms with van der Waals surface area (Å²) in [7, 11) is 0. The molecular weight excluding hydrogens is 336 g/mol. The van der Waals surface area contributed by atoms with E-state index in [-0.39, 0.29) is 5.12 Å². The summed E-state index contributed by atoms with van der Waals surface area (Å²) in [6, 6.07) is 26.8. The molecule has 26 heavy (non-hydrogen) atoms. The van der Waals surface area contributed by atoms with E-state index in [1.54, 1.807) is 6.92 Å². The summed E-state index contributed by atoms with van der Waals surface area (Å²) in [5.41, 5.74) is 1.96. The summed E-state index contributed by atoms with van der Waals surface area (Å²) in [6.45, 7) is 1.57. The number of hydrogen-bond acceptors (Lipinski definition) is 2. The van der Waals surface area contributed by atoms with Crippen molar-refractivity contribution < 1.29 is 4.79 Å². The molecule has 4 aromatic rings. The van der Waals surface area contributed by atoms with Crippen LogP contribution in [0.5, 0.6) is 0 Å². The van der Waals surface area contributed by atoms with E-state index in [9.17, 15) is 4.79 Å². The minimum Gasteiger partial charge on any atom is -0.287 e. The smallest absolute Gasteiger partial charge is 0.190 e. The average Bonchev–Trinajstić information content (AvgIpc) is 2.65. The van der Waals surface area contributed by atoms with Crippen LogP contribution in [-0.2, 0) is 4.79 Å². The van der Waals surface area contributed by atoms with Crippen molar-refractivity contribution >= 4 is 38.4 Å². The van der Waals surface area contributed by atoms with Crippen molar-refractivity contribution in [2.75, 3.05) is 0 Å². The normalized spacial score (nSPS) is 10.5. The van der Waals surface area contributed by atoms with Crippen LogP contribution in [0.15, 0.2) is 83.8 Å². The predicted octanol–water partition coefficient (Wildman–Crippen LogP) is 6.03. The fraction of sp³-hybridized carbons (Fsp3) is 0.0417. The van der Waals surface area contributed by atoms with Crippen molar-refractivity contribution in [1.29, 1.82) is 0 Å². The summed E-state index contributed by atoms with van der Waals surface area (Å²) in [6.07, 6.45) is 0. The van der Waals surface area contributed by atoms with Crippen LogP contribution >= 0.6 is 11.8 Å². The summed E-state index contributed by atoms with van der Waals surface area (Å²) in [5.74, 6) is 6.54. The SMILES string of the molecule is CC(=O)Sc1ccc(C#Cc2cccc3cc4ccccc4cc23)cc1. The first-order valence-corrected chi connectivity index (χ1v) is 9.23. The van der Waals surface area contributed by atoms with Gasteiger partial charge in [0.2, 0.25) is 0 Å². The Hall–Kier alpha value is -3.02. The van der Waals surface area contributed by atoms with Gasteiger partial charge in [0, 0.05) is 22.9 Å². The van der Waals surface area contributed by atoms with Crippen LogP contribution in [0.2, 0.25) is 0 Å². The van der Waals surface area contributed by atoms with E-state index >= 15 is 0 Å².